The van der Waals surface area contributed by atoms with Gasteiger partial charge in [0, 0.05) is 0 Å². The minimum absolute atomic E-state index is 0.0643. The molecule has 98 valence electrons. The number of aromatic hydroxyl groups is 1. The normalized spacial score (nSPS) is 9.05. The van der Waals surface area contributed by atoms with Crippen molar-refractivity contribution in [2.45, 2.75) is 6.61 Å². The fourth-order valence-corrected chi connectivity index (χ4v) is 1.45. The number of carbonyl (C=O) groups is 1. The van der Waals surface area contributed by atoms with E-state index in [1.165, 1.54) is 12.1 Å². The predicted molar refractivity (Wildman–Crippen MR) is 74.9 cm³/mol. The Morgan fingerprint density at radius 3 is 2.21 bits per heavy atom. The molecule has 0 saturated carbocycles. The molecule has 0 saturated heterocycles. The Morgan fingerprint density at radius 2 is 1.58 bits per heavy atom. The van der Waals surface area contributed by atoms with Crippen molar-refractivity contribution in [3.05, 3.63) is 78.9 Å². The average Bonchev–Trinajstić information content (AvgIpc) is 2.48. The molecule has 1 N–H and O–H groups in total. The molecule has 0 fully saturated rings. The highest BCUT2D eigenvalue weighted by molar-refractivity contribution is 5.92. The summed E-state index contributed by atoms with van der Waals surface area (Å²) >= 11 is 0. The van der Waals surface area contributed by atoms with E-state index in [-0.39, 0.29) is 17.9 Å². The van der Waals surface area contributed by atoms with Gasteiger partial charge in [0.25, 0.3) is 0 Å². The van der Waals surface area contributed by atoms with Crippen LogP contribution >= 0.6 is 0 Å². The lowest BCUT2D eigenvalue weighted by atomic mass is 10.2. The zero-order valence-electron chi connectivity index (χ0n) is 10.6. The van der Waals surface area contributed by atoms with Gasteiger partial charge in [0.05, 0.1) is 0 Å². The number of hydrogen-bond donors (Lipinski definition) is 1. The number of rotatable bonds is 3. The molecule has 0 unspecified atom stereocenters. The van der Waals surface area contributed by atoms with Crippen LogP contribution in [0.5, 0.6) is 5.75 Å². The van der Waals surface area contributed by atoms with Crippen LogP contribution in [-0.2, 0) is 11.3 Å². The molecular formula is C16H16O3. The quantitative estimate of drug-likeness (QED) is 0.674. The number of phenolic OH excluding ortho intramolecular Hbond substituents is 1. The molecule has 0 radical (unpaired) electrons. The minimum Gasteiger partial charge on any atom is -0.507 e. The van der Waals surface area contributed by atoms with Gasteiger partial charge in [-0.15, -0.1) is 13.2 Å². The van der Waals surface area contributed by atoms with Crippen molar-refractivity contribution in [1.82, 2.24) is 0 Å². The number of phenols is 1. The second-order valence-corrected chi connectivity index (χ2v) is 3.58. The lowest BCUT2D eigenvalue weighted by molar-refractivity contribution is 0.0469. The summed E-state index contributed by atoms with van der Waals surface area (Å²) in [6, 6.07) is 15.7. The van der Waals surface area contributed by atoms with Crippen LogP contribution in [0.2, 0.25) is 0 Å². The van der Waals surface area contributed by atoms with E-state index >= 15 is 0 Å². The van der Waals surface area contributed by atoms with Crippen LogP contribution in [0.15, 0.2) is 67.8 Å². The van der Waals surface area contributed by atoms with Crippen molar-refractivity contribution in [2.75, 3.05) is 0 Å². The fourth-order valence-electron chi connectivity index (χ4n) is 1.45. The third-order valence-corrected chi connectivity index (χ3v) is 2.34. The molecule has 0 aliphatic heterocycles. The number of esters is 1. The summed E-state index contributed by atoms with van der Waals surface area (Å²) in [6.45, 7) is 6.20. The largest absolute Gasteiger partial charge is 0.507 e. The molecule has 3 heteroatoms. The summed E-state index contributed by atoms with van der Waals surface area (Å²) in [4.78, 5) is 11.7. The number of ether oxygens (including phenoxy) is 1. The molecule has 0 bridgehead atoms. The Hall–Kier alpha value is -2.55. The Labute approximate surface area is 112 Å². The number of hydrogen-bond acceptors (Lipinski definition) is 3. The molecule has 0 heterocycles. The van der Waals surface area contributed by atoms with Gasteiger partial charge in [-0.2, -0.15) is 0 Å². The van der Waals surface area contributed by atoms with Gasteiger partial charge in [-0.1, -0.05) is 42.5 Å². The fraction of sp³-hybridized carbons (Fsp3) is 0.0625. The van der Waals surface area contributed by atoms with Gasteiger partial charge in [-0.3, -0.25) is 0 Å². The lowest BCUT2D eigenvalue weighted by Gasteiger charge is -2.05. The second kappa shape index (κ2) is 7.71. The van der Waals surface area contributed by atoms with Crippen LogP contribution in [0.3, 0.4) is 0 Å². The van der Waals surface area contributed by atoms with E-state index in [0.29, 0.717) is 0 Å². The van der Waals surface area contributed by atoms with Gasteiger partial charge in [0.1, 0.15) is 17.9 Å². The molecule has 0 aromatic heterocycles. The van der Waals surface area contributed by atoms with Crippen LogP contribution < -0.4 is 0 Å². The maximum atomic E-state index is 11.7. The highest BCUT2D eigenvalue weighted by atomic mass is 16.5. The van der Waals surface area contributed by atoms with E-state index in [4.69, 9.17) is 4.74 Å². The summed E-state index contributed by atoms with van der Waals surface area (Å²) in [7, 11) is 0. The topological polar surface area (TPSA) is 46.5 Å². The van der Waals surface area contributed by atoms with Crippen molar-refractivity contribution >= 4 is 5.97 Å². The minimum atomic E-state index is -0.521. The standard InChI is InChI=1S/C14H12O3.C2H4/c15-13-9-5-4-8-12(13)14(16)17-10-11-6-2-1-3-7-11;1-2/h1-9,15H,10H2;1-2H2. The average molecular weight is 256 g/mol. The molecule has 0 spiro atoms. The van der Waals surface area contributed by atoms with Crippen molar-refractivity contribution in [3.8, 4) is 5.75 Å². The van der Waals surface area contributed by atoms with Crippen molar-refractivity contribution < 1.29 is 14.6 Å². The maximum Gasteiger partial charge on any atom is 0.342 e. The molecule has 0 atom stereocenters. The molecule has 3 nitrogen and oxygen atoms in total. The smallest absolute Gasteiger partial charge is 0.342 e. The highest BCUT2D eigenvalue weighted by Crippen LogP contribution is 2.17. The Kier molecular flexibility index (Phi) is 5.89. The lowest BCUT2D eigenvalue weighted by Crippen LogP contribution is -2.05. The van der Waals surface area contributed by atoms with Gasteiger partial charge < -0.3 is 9.84 Å². The number of carbonyl (C=O) groups excluding carboxylic acids is 1. The van der Waals surface area contributed by atoms with E-state index in [9.17, 15) is 9.90 Å². The first-order valence-electron chi connectivity index (χ1n) is 5.76. The van der Waals surface area contributed by atoms with E-state index in [0.717, 1.165) is 5.56 Å². The highest BCUT2D eigenvalue weighted by Gasteiger charge is 2.11. The van der Waals surface area contributed by atoms with Gasteiger partial charge in [-0.05, 0) is 17.7 Å². The first-order valence-corrected chi connectivity index (χ1v) is 5.76. The summed E-state index contributed by atoms with van der Waals surface area (Å²) in [5.41, 5.74) is 1.10. The van der Waals surface area contributed by atoms with Crippen LogP contribution in [0.25, 0.3) is 0 Å². The van der Waals surface area contributed by atoms with E-state index < -0.39 is 5.97 Å². The Balaban J connectivity index is 0.000000861. The summed E-state index contributed by atoms with van der Waals surface area (Å²) < 4.78 is 5.10. The van der Waals surface area contributed by atoms with Crippen LogP contribution in [-0.4, -0.2) is 11.1 Å². The molecule has 2 aromatic rings. The van der Waals surface area contributed by atoms with E-state index in [1.54, 1.807) is 12.1 Å². The third-order valence-electron chi connectivity index (χ3n) is 2.34. The van der Waals surface area contributed by atoms with Crippen molar-refractivity contribution in [3.63, 3.8) is 0 Å². The Bertz CT molecular complexity index is 521. The van der Waals surface area contributed by atoms with Crippen molar-refractivity contribution in [2.24, 2.45) is 0 Å². The van der Waals surface area contributed by atoms with Crippen molar-refractivity contribution in [1.29, 1.82) is 0 Å². The van der Waals surface area contributed by atoms with Gasteiger partial charge in [0.15, 0.2) is 0 Å². The summed E-state index contributed by atoms with van der Waals surface area (Å²) in [6.07, 6.45) is 0. The molecule has 2 aromatic carbocycles. The molecule has 2 rings (SSSR count). The molecule has 19 heavy (non-hydrogen) atoms. The summed E-state index contributed by atoms with van der Waals surface area (Å²) in [5.74, 6) is -0.586. The van der Waals surface area contributed by atoms with Crippen LogP contribution in [0.4, 0.5) is 0 Å². The summed E-state index contributed by atoms with van der Waals surface area (Å²) in [5, 5.41) is 9.48. The maximum absolute atomic E-state index is 11.7. The van der Waals surface area contributed by atoms with Crippen LogP contribution in [0.1, 0.15) is 15.9 Å². The molecule has 0 aliphatic carbocycles. The Morgan fingerprint density at radius 1 is 1.00 bits per heavy atom. The van der Waals surface area contributed by atoms with Crippen LogP contribution in [0, 0.1) is 0 Å². The van der Waals surface area contributed by atoms with E-state index in [1.807, 2.05) is 30.3 Å². The second-order valence-electron chi connectivity index (χ2n) is 3.58. The number of para-hydroxylation sites is 1. The van der Waals surface area contributed by atoms with Gasteiger partial charge in [-0.25, -0.2) is 4.79 Å². The molecule has 0 aliphatic rings. The zero-order chi connectivity index (χ0) is 14.1. The monoisotopic (exact) mass is 256 g/mol. The third kappa shape index (κ3) is 4.32. The van der Waals surface area contributed by atoms with Gasteiger partial charge in [0.2, 0.25) is 0 Å². The van der Waals surface area contributed by atoms with E-state index in [2.05, 4.69) is 13.2 Å². The van der Waals surface area contributed by atoms with Gasteiger partial charge >= 0.3 is 5.97 Å². The predicted octanol–water partition coefficient (Wildman–Crippen LogP) is 3.55. The SMILES string of the molecule is C=C.O=C(OCc1ccccc1)c1ccccc1O. The number of benzene rings is 2. The first-order chi connectivity index (χ1) is 9.27. The first kappa shape index (κ1) is 14.5. The molecular weight excluding hydrogens is 240 g/mol. The zero-order valence-corrected chi connectivity index (χ0v) is 10.6. The molecule has 0 amide bonds.